The van der Waals surface area contributed by atoms with Gasteiger partial charge in [-0.25, -0.2) is 18.2 Å². The van der Waals surface area contributed by atoms with Gasteiger partial charge in [0.05, 0.1) is 5.56 Å². The van der Waals surface area contributed by atoms with Gasteiger partial charge in [0, 0.05) is 23.9 Å². The number of benzene rings is 2. The van der Waals surface area contributed by atoms with E-state index in [1.165, 1.54) is 0 Å². The Morgan fingerprint density at radius 3 is 2.33 bits per heavy atom. The van der Waals surface area contributed by atoms with Crippen LogP contribution < -0.4 is 10.5 Å². The number of anilines is 1. The van der Waals surface area contributed by atoms with Gasteiger partial charge in [-0.2, -0.15) is 0 Å². The zero-order valence-corrected chi connectivity index (χ0v) is 12.4. The van der Waals surface area contributed by atoms with Gasteiger partial charge in [0.25, 0.3) is 0 Å². The van der Waals surface area contributed by atoms with Gasteiger partial charge in [-0.15, -0.1) is 0 Å². The molecule has 1 radical (unpaired) electrons. The molecule has 3 nitrogen and oxygen atoms in total. The minimum atomic E-state index is -1.02. The van der Waals surface area contributed by atoms with Gasteiger partial charge in [0.15, 0.2) is 11.6 Å². The van der Waals surface area contributed by atoms with Gasteiger partial charge in [-0.1, -0.05) is 24.3 Å². The molecule has 1 aromatic heterocycles. The molecule has 6 heteroatoms. The van der Waals surface area contributed by atoms with Gasteiger partial charge in [0.2, 0.25) is 0 Å². The van der Waals surface area contributed by atoms with Gasteiger partial charge >= 0.3 is 0 Å². The highest BCUT2D eigenvalue weighted by atomic mass is 19.1. The lowest BCUT2D eigenvalue weighted by molar-refractivity contribution is 0.292. The summed E-state index contributed by atoms with van der Waals surface area (Å²) in [6, 6.07) is 12.9. The van der Waals surface area contributed by atoms with E-state index < -0.39 is 24.1 Å². The minimum Gasteiger partial charge on any atom is -0.485 e. The Morgan fingerprint density at radius 1 is 1.00 bits per heavy atom. The van der Waals surface area contributed by atoms with Crippen LogP contribution in [0.2, 0.25) is 0 Å². The molecule has 0 spiro atoms. The van der Waals surface area contributed by atoms with Gasteiger partial charge < -0.3 is 10.5 Å². The second kappa shape index (κ2) is 6.62. The van der Waals surface area contributed by atoms with Crippen LogP contribution >= 0.6 is 0 Å². The fraction of sp³-hybridized carbons (Fsp3) is 0.0556. The number of pyridine rings is 1. The number of hydrogen-bond acceptors (Lipinski definition) is 3. The molecule has 3 aromatic rings. The van der Waals surface area contributed by atoms with Crippen molar-refractivity contribution in [1.29, 1.82) is 0 Å². The summed E-state index contributed by atoms with van der Waals surface area (Å²) < 4.78 is 45.6. The van der Waals surface area contributed by atoms with Gasteiger partial charge in [-0.3, -0.25) is 0 Å². The third-order valence-electron chi connectivity index (χ3n) is 3.41. The second-order valence-electron chi connectivity index (χ2n) is 5.03. The molecule has 0 amide bonds. The van der Waals surface area contributed by atoms with E-state index in [9.17, 15) is 13.2 Å². The maximum Gasteiger partial charge on any atom is 0.166 e. The van der Waals surface area contributed by atoms with Crippen molar-refractivity contribution in [2.45, 2.75) is 6.61 Å². The highest BCUT2D eigenvalue weighted by molar-refractivity contribution is 5.66. The molecule has 0 atom stereocenters. The normalized spacial score (nSPS) is 10.6. The van der Waals surface area contributed by atoms with Crippen LogP contribution in [0.3, 0.4) is 0 Å². The maximum absolute atomic E-state index is 13.6. The summed E-state index contributed by atoms with van der Waals surface area (Å²) in [7, 11) is 0. The largest absolute Gasteiger partial charge is 0.485 e. The standard InChI is InChI=1S/C18H12F3N2O/c19-13-7-15(20)14(16(21)8-13)10-24-17-6-12(9-23-18(17)22)11-4-2-1-3-5-11/h2-9H,10H2,(H2,22,23). The van der Waals surface area contributed by atoms with Crippen molar-refractivity contribution in [3.63, 3.8) is 0 Å². The fourth-order valence-corrected chi connectivity index (χ4v) is 2.17. The lowest BCUT2D eigenvalue weighted by Crippen LogP contribution is -2.05. The molecule has 1 heterocycles. The molecule has 24 heavy (non-hydrogen) atoms. The molecule has 121 valence electrons. The van der Waals surface area contributed by atoms with Crippen molar-refractivity contribution in [3.05, 3.63) is 77.7 Å². The smallest absolute Gasteiger partial charge is 0.166 e. The molecule has 0 unspecified atom stereocenters. The van der Waals surface area contributed by atoms with Crippen LogP contribution in [0, 0.1) is 23.5 Å². The quantitative estimate of drug-likeness (QED) is 0.783. The summed E-state index contributed by atoms with van der Waals surface area (Å²) >= 11 is 0. The van der Waals surface area contributed by atoms with Crippen LogP contribution in [-0.2, 0) is 6.61 Å². The Balaban J connectivity index is 1.86. The van der Waals surface area contributed by atoms with E-state index >= 15 is 0 Å². The Labute approximate surface area is 136 Å². The van der Waals surface area contributed by atoms with E-state index in [-0.39, 0.29) is 17.1 Å². The number of nitrogens with two attached hydrogens (primary N) is 1. The average molecular weight is 329 g/mol. The summed E-state index contributed by atoms with van der Waals surface area (Å²) in [6.07, 6.45) is 1.57. The summed E-state index contributed by atoms with van der Waals surface area (Å²) in [5.74, 6) is -2.76. The molecule has 0 aliphatic heterocycles. The van der Waals surface area contributed by atoms with Crippen molar-refractivity contribution in [3.8, 4) is 16.9 Å². The predicted molar refractivity (Wildman–Crippen MR) is 83.6 cm³/mol. The maximum atomic E-state index is 13.6. The van der Waals surface area contributed by atoms with Crippen molar-refractivity contribution in [2.75, 3.05) is 5.73 Å². The van der Waals surface area contributed by atoms with E-state index in [1.54, 1.807) is 24.4 Å². The first kappa shape index (κ1) is 15.9. The van der Waals surface area contributed by atoms with Gasteiger partial charge in [-0.05, 0) is 17.7 Å². The molecule has 0 aliphatic rings. The van der Waals surface area contributed by atoms with Crippen LogP contribution in [0.1, 0.15) is 5.56 Å². The van der Waals surface area contributed by atoms with E-state index in [1.807, 2.05) is 12.1 Å². The van der Waals surface area contributed by atoms with Crippen LogP contribution in [0.25, 0.3) is 11.1 Å². The Hall–Kier alpha value is -3.02. The number of nitrogens with zero attached hydrogens (tertiary/aromatic N) is 1. The first-order chi connectivity index (χ1) is 11.5. The third kappa shape index (κ3) is 3.32. The number of ether oxygens (including phenoxy) is 1. The van der Waals surface area contributed by atoms with Crippen LogP contribution in [-0.4, -0.2) is 4.98 Å². The highest BCUT2D eigenvalue weighted by Crippen LogP contribution is 2.28. The van der Waals surface area contributed by atoms with Crippen molar-refractivity contribution >= 4 is 5.82 Å². The Morgan fingerprint density at radius 2 is 1.67 bits per heavy atom. The number of nitrogen functional groups attached to an aromatic ring is 1. The topological polar surface area (TPSA) is 48.1 Å². The van der Waals surface area contributed by atoms with Crippen LogP contribution in [0.5, 0.6) is 5.75 Å². The first-order valence-corrected chi connectivity index (χ1v) is 7.03. The lowest BCUT2D eigenvalue weighted by Gasteiger charge is -2.11. The highest BCUT2D eigenvalue weighted by Gasteiger charge is 2.13. The van der Waals surface area contributed by atoms with E-state index in [0.29, 0.717) is 12.1 Å². The molecule has 0 fully saturated rings. The van der Waals surface area contributed by atoms with E-state index in [2.05, 4.69) is 11.1 Å². The fourth-order valence-electron chi connectivity index (χ4n) is 2.17. The molecule has 0 saturated heterocycles. The lowest BCUT2D eigenvalue weighted by atomic mass is 10.1. The van der Waals surface area contributed by atoms with Gasteiger partial charge in [0.1, 0.15) is 24.1 Å². The zero-order valence-electron chi connectivity index (χ0n) is 12.4. The molecule has 0 aliphatic carbocycles. The first-order valence-electron chi connectivity index (χ1n) is 7.03. The molecular weight excluding hydrogens is 317 g/mol. The molecule has 3 rings (SSSR count). The van der Waals surface area contributed by atoms with Crippen molar-refractivity contribution in [2.24, 2.45) is 0 Å². The molecule has 2 N–H and O–H groups in total. The Bertz CT molecular complexity index is 846. The molecule has 0 saturated carbocycles. The minimum absolute atomic E-state index is 0.0872. The van der Waals surface area contributed by atoms with Crippen LogP contribution in [0.4, 0.5) is 19.0 Å². The second-order valence-corrected chi connectivity index (χ2v) is 5.03. The summed E-state index contributed by atoms with van der Waals surface area (Å²) in [4.78, 5) is 4.02. The zero-order chi connectivity index (χ0) is 17.1. The van der Waals surface area contributed by atoms with E-state index in [4.69, 9.17) is 10.5 Å². The number of hydrogen-bond donors (Lipinski definition) is 1. The molecule has 0 bridgehead atoms. The summed E-state index contributed by atoms with van der Waals surface area (Å²) in [5, 5.41) is 0. The molecule has 2 aromatic carbocycles. The SMILES string of the molecule is Nc1ncc(-c2cc[c]cc2)cc1OCc1c(F)cc(F)cc1F. The van der Waals surface area contributed by atoms with Crippen molar-refractivity contribution < 1.29 is 17.9 Å². The Kier molecular flexibility index (Phi) is 4.37. The average Bonchev–Trinajstić information content (AvgIpc) is 2.56. The predicted octanol–water partition coefficient (Wildman–Crippen LogP) is 4.13. The monoisotopic (exact) mass is 329 g/mol. The number of aromatic nitrogens is 1. The third-order valence-corrected chi connectivity index (χ3v) is 3.41. The van der Waals surface area contributed by atoms with E-state index in [0.717, 1.165) is 11.1 Å². The number of rotatable bonds is 4. The summed E-state index contributed by atoms with van der Waals surface area (Å²) in [6.45, 7) is -0.435. The van der Waals surface area contributed by atoms with Crippen LogP contribution in [0.15, 0.2) is 48.7 Å². The summed E-state index contributed by atoms with van der Waals surface area (Å²) in [5.41, 5.74) is 6.96. The number of halogens is 3. The molecular formula is C18H12F3N2O. The van der Waals surface area contributed by atoms with Crippen molar-refractivity contribution in [1.82, 2.24) is 4.98 Å².